The zero-order chi connectivity index (χ0) is 23.1. The molecule has 1 aliphatic heterocycles. The largest absolute Gasteiger partial charge is 1.00 e. The van der Waals surface area contributed by atoms with E-state index in [1.165, 1.54) is 57.1 Å². The topological polar surface area (TPSA) is 119 Å². The van der Waals surface area contributed by atoms with Gasteiger partial charge in [-0.05, 0) is 25.6 Å². The molecule has 1 heterocycles. The van der Waals surface area contributed by atoms with E-state index in [0.29, 0.717) is 6.42 Å². The van der Waals surface area contributed by atoms with E-state index in [1.54, 1.807) is 19.2 Å². The number of benzene rings is 1. The first-order valence-electron chi connectivity index (χ1n) is 10.9. The quantitative estimate of drug-likeness (QED) is 0.194. The summed E-state index contributed by atoms with van der Waals surface area (Å²) in [6, 6.07) is 6.09. The molecular formula is C22H35N2NaO6S. The summed E-state index contributed by atoms with van der Waals surface area (Å²) in [6.45, 7) is 2.31. The molecule has 1 aliphatic rings. The average molecular weight is 479 g/mol. The summed E-state index contributed by atoms with van der Waals surface area (Å²) in [5.41, 5.74) is 0.220. The van der Waals surface area contributed by atoms with E-state index in [2.05, 4.69) is 17.0 Å². The molecule has 0 spiro atoms. The van der Waals surface area contributed by atoms with Crippen molar-refractivity contribution in [1.29, 1.82) is 0 Å². The van der Waals surface area contributed by atoms with E-state index in [0.717, 1.165) is 12.8 Å². The van der Waals surface area contributed by atoms with Gasteiger partial charge in [-0.1, -0.05) is 70.4 Å². The average Bonchev–Trinajstić information content (AvgIpc) is 2.96. The van der Waals surface area contributed by atoms with Crippen LogP contribution in [0.1, 0.15) is 82.9 Å². The van der Waals surface area contributed by atoms with Crippen molar-refractivity contribution in [2.75, 3.05) is 13.6 Å². The fourth-order valence-electron chi connectivity index (χ4n) is 3.06. The van der Waals surface area contributed by atoms with Gasteiger partial charge in [0.25, 0.3) is 15.9 Å². The predicted molar refractivity (Wildman–Crippen MR) is 119 cm³/mol. The van der Waals surface area contributed by atoms with Gasteiger partial charge in [0, 0.05) is 6.42 Å². The van der Waals surface area contributed by atoms with Crippen LogP contribution in [-0.2, 0) is 24.3 Å². The summed E-state index contributed by atoms with van der Waals surface area (Å²) in [6.07, 6.45) is 11.2. The molecule has 0 aromatic heterocycles. The van der Waals surface area contributed by atoms with Gasteiger partial charge in [0.1, 0.15) is 4.90 Å². The van der Waals surface area contributed by atoms with Crippen LogP contribution in [-0.4, -0.2) is 39.9 Å². The van der Waals surface area contributed by atoms with Gasteiger partial charge in [0.15, 0.2) is 0 Å². The number of sulfonamides is 1. The molecule has 32 heavy (non-hydrogen) atoms. The van der Waals surface area contributed by atoms with Crippen molar-refractivity contribution in [2.45, 2.75) is 76.0 Å². The SMILES string of the molecule is CCCCCCCCCCCC(=O)OC(=O)CNC.O=C1NS(=O)(=O)c2ccccc21.[H-].[Na+]. The molecule has 0 unspecified atom stereocenters. The molecule has 0 bridgehead atoms. The maximum Gasteiger partial charge on any atom is 1.00 e. The van der Waals surface area contributed by atoms with Crippen LogP contribution in [0.4, 0.5) is 0 Å². The van der Waals surface area contributed by atoms with Gasteiger partial charge >= 0.3 is 41.5 Å². The Balaban J connectivity index is 0. The molecule has 2 rings (SSSR count). The van der Waals surface area contributed by atoms with Gasteiger partial charge in [-0.25, -0.2) is 13.1 Å². The Morgan fingerprint density at radius 3 is 2.09 bits per heavy atom. The third-order valence-electron chi connectivity index (χ3n) is 4.68. The van der Waals surface area contributed by atoms with Crippen molar-refractivity contribution < 1.29 is 58.5 Å². The molecular weight excluding hydrogens is 443 g/mol. The van der Waals surface area contributed by atoms with Crippen molar-refractivity contribution in [1.82, 2.24) is 10.0 Å². The van der Waals surface area contributed by atoms with Crippen LogP contribution in [0.3, 0.4) is 0 Å². The zero-order valence-electron chi connectivity index (χ0n) is 20.4. The molecule has 0 radical (unpaired) electrons. The molecule has 1 amide bonds. The fourth-order valence-corrected chi connectivity index (χ4v) is 4.23. The Morgan fingerprint density at radius 1 is 0.969 bits per heavy atom. The Morgan fingerprint density at radius 2 is 1.53 bits per heavy atom. The van der Waals surface area contributed by atoms with Crippen LogP contribution < -0.4 is 39.6 Å². The monoisotopic (exact) mass is 478 g/mol. The number of nitrogens with one attached hydrogen (secondary N) is 2. The minimum absolute atomic E-state index is 0. The number of ether oxygens (including phenoxy) is 1. The predicted octanol–water partition coefficient (Wildman–Crippen LogP) is 0.432. The zero-order valence-corrected chi connectivity index (χ0v) is 22.3. The van der Waals surface area contributed by atoms with Gasteiger partial charge < -0.3 is 11.5 Å². The number of carbonyl (C=O) groups excluding carboxylic acids is 3. The van der Waals surface area contributed by atoms with Crippen LogP contribution in [0, 0.1) is 0 Å². The first-order chi connectivity index (χ1) is 14.8. The van der Waals surface area contributed by atoms with Crippen molar-refractivity contribution in [3.05, 3.63) is 29.8 Å². The number of carbonyl (C=O) groups is 3. The maximum atomic E-state index is 11.3. The standard InChI is InChI=1S/C15H29NO3.C7H5NO3S.Na.H/c1-3-4-5-6-7-8-9-10-11-12-14(17)19-15(18)13-16-2;9-7-5-3-1-2-4-6(5)12(10,11)8-7;;/h16H,3-13H2,1-2H3;1-4H,(H,8,9);;/q;;+1;-1. The molecule has 0 fully saturated rings. The van der Waals surface area contributed by atoms with Gasteiger partial charge in [0.2, 0.25) is 0 Å². The normalized spacial score (nSPS) is 13.1. The first-order valence-corrected chi connectivity index (χ1v) is 12.3. The van der Waals surface area contributed by atoms with Crippen LogP contribution in [0.15, 0.2) is 29.2 Å². The number of hydrogen-bond donors (Lipinski definition) is 2. The number of likely N-dealkylation sites (N-methyl/N-ethyl adjacent to an activating group) is 1. The van der Waals surface area contributed by atoms with Crippen molar-refractivity contribution in [3.63, 3.8) is 0 Å². The van der Waals surface area contributed by atoms with Gasteiger partial charge in [-0.15, -0.1) is 0 Å². The number of rotatable bonds is 12. The Labute approximate surface area is 215 Å². The molecule has 176 valence electrons. The summed E-state index contributed by atoms with van der Waals surface area (Å²) in [4.78, 5) is 33.3. The van der Waals surface area contributed by atoms with Crippen LogP contribution in [0.25, 0.3) is 0 Å². The molecule has 0 saturated heterocycles. The number of esters is 2. The molecule has 2 N–H and O–H groups in total. The van der Waals surface area contributed by atoms with Crippen molar-refractivity contribution in [2.24, 2.45) is 0 Å². The van der Waals surface area contributed by atoms with Crippen LogP contribution in [0.5, 0.6) is 0 Å². The first kappa shape index (κ1) is 30.7. The molecule has 1 aromatic rings. The number of hydrogen-bond acceptors (Lipinski definition) is 7. The molecule has 8 nitrogen and oxygen atoms in total. The summed E-state index contributed by atoms with van der Waals surface area (Å²) >= 11 is 0. The summed E-state index contributed by atoms with van der Waals surface area (Å²) < 4.78 is 28.8. The molecule has 10 heteroatoms. The second-order valence-electron chi connectivity index (χ2n) is 7.39. The Hall–Kier alpha value is -1.26. The second kappa shape index (κ2) is 17.2. The van der Waals surface area contributed by atoms with Crippen molar-refractivity contribution >= 4 is 27.9 Å². The van der Waals surface area contributed by atoms with Crippen LogP contribution in [0.2, 0.25) is 0 Å². The smallest absolute Gasteiger partial charge is 1.00 e. The maximum absolute atomic E-state index is 11.3. The van der Waals surface area contributed by atoms with Gasteiger partial charge in [0.05, 0.1) is 12.1 Å². The minimum Gasteiger partial charge on any atom is -1.00 e. The molecule has 0 aliphatic carbocycles. The summed E-state index contributed by atoms with van der Waals surface area (Å²) in [7, 11) is -1.91. The number of fused-ring (bicyclic) bond motifs is 1. The number of amides is 1. The number of unbranched alkanes of at least 4 members (excludes halogenated alkanes) is 8. The third-order valence-corrected chi connectivity index (χ3v) is 6.07. The minimum atomic E-state index is -3.55. The van der Waals surface area contributed by atoms with Crippen molar-refractivity contribution in [3.8, 4) is 0 Å². The summed E-state index contributed by atoms with van der Waals surface area (Å²) in [5.74, 6) is -1.45. The van der Waals surface area contributed by atoms with E-state index < -0.39 is 27.9 Å². The third kappa shape index (κ3) is 12.1. The van der Waals surface area contributed by atoms with Gasteiger partial charge in [-0.3, -0.25) is 14.4 Å². The summed E-state index contributed by atoms with van der Waals surface area (Å²) in [5, 5.41) is 2.65. The van der Waals surface area contributed by atoms with E-state index >= 15 is 0 Å². The van der Waals surface area contributed by atoms with E-state index in [4.69, 9.17) is 0 Å². The Kier molecular flexibility index (Phi) is 16.6. The molecule has 0 atom stereocenters. The van der Waals surface area contributed by atoms with E-state index in [1.807, 2.05) is 4.72 Å². The second-order valence-corrected chi connectivity index (χ2v) is 9.04. The molecule has 0 saturated carbocycles. The van der Waals surface area contributed by atoms with Gasteiger partial charge in [-0.2, -0.15) is 0 Å². The Bertz CT molecular complexity index is 836. The van der Waals surface area contributed by atoms with E-state index in [9.17, 15) is 22.8 Å². The van der Waals surface area contributed by atoms with Crippen LogP contribution >= 0.6 is 0 Å². The fraction of sp³-hybridized carbons (Fsp3) is 0.591. The van der Waals surface area contributed by atoms with E-state index in [-0.39, 0.29) is 48.0 Å². The molecule has 1 aromatic carbocycles.